The van der Waals surface area contributed by atoms with Gasteiger partial charge < -0.3 is 24.4 Å². The van der Waals surface area contributed by atoms with E-state index in [0.29, 0.717) is 0 Å². The number of carbonyl (C=O) groups excluding carboxylic acids is 2. The number of hydrogen-bond acceptors (Lipinski definition) is 7. The molecule has 0 aromatic heterocycles. The summed E-state index contributed by atoms with van der Waals surface area (Å²) in [7, 11) is 0. The SMILES string of the molecule is CC(C)(C)OC(=O)OC(=O)OC(C)(C)C.CC(O)C#CC#CC(C)O. The second kappa shape index (κ2) is 11.4. The lowest BCUT2D eigenvalue weighted by atomic mass is 10.2. The van der Waals surface area contributed by atoms with E-state index in [-0.39, 0.29) is 0 Å². The molecule has 142 valence electrons. The van der Waals surface area contributed by atoms with Gasteiger partial charge in [-0.2, -0.15) is 0 Å². The van der Waals surface area contributed by atoms with Crippen LogP contribution in [0, 0.1) is 23.7 Å². The molecule has 0 aliphatic heterocycles. The Morgan fingerprint density at radius 1 is 0.760 bits per heavy atom. The smallest absolute Gasteiger partial charge is 0.428 e. The van der Waals surface area contributed by atoms with Crippen LogP contribution in [0.3, 0.4) is 0 Å². The number of hydrogen-bond donors (Lipinski definition) is 2. The van der Waals surface area contributed by atoms with Gasteiger partial charge in [0.1, 0.15) is 23.4 Å². The number of aliphatic hydroxyl groups is 2. The minimum absolute atomic E-state index is 0.650. The van der Waals surface area contributed by atoms with Crippen LogP contribution >= 0.6 is 0 Å². The zero-order valence-corrected chi connectivity index (χ0v) is 16.1. The monoisotopic (exact) mass is 356 g/mol. The van der Waals surface area contributed by atoms with Crippen LogP contribution in [0.2, 0.25) is 0 Å². The molecule has 25 heavy (non-hydrogen) atoms. The minimum atomic E-state index is -1.06. The molecular weight excluding hydrogens is 328 g/mol. The third-order valence-corrected chi connectivity index (χ3v) is 1.57. The summed E-state index contributed by atoms with van der Waals surface area (Å²) in [6, 6.07) is 0. The van der Waals surface area contributed by atoms with E-state index in [0.717, 1.165) is 0 Å². The molecule has 0 aromatic carbocycles. The maximum Gasteiger partial charge on any atom is 0.519 e. The summed E-state index contributed by atoms with van der Waals surface area (Å²) < 4.78 is 13.8. The van der Waals surface area contributed by atoms with Crippen molar-refractivity contribution < 1.29 is 34.0 Å². The van der Waals surface area contributed by atoms with E-state index >= 15 is 0 Å². The van der Waals surface area contributed by atoms with Gasteiger partial charge in [0.2, 0.25) is 0 Å². The minimum Gasteiger partial charge on any atom is -0.428 e. The quantitative estimate of drug-likeness (QED) is 0.391. The number of rotatable bonds is 0. The molecule has 7 heteroatoms. The van der Waals surface area contributed by atoms with Crippen LogP contribution < -0.4 is 0 Å². The lowest BCUT2D eigenvalue weighted by Crippen LogP contribution is -2.29. The van der Waals surface area contributed by atoms with Crippen LogP contribution in [0.5, 0.6) is 0 Å². The predicted octanol–water partition coefficient (Wildman–Crippen LogP) is 2.63. The van der Waals surface area contributed by atoms with Crippen LogP contribution in [-0.2, 0) is 14.2 Å². The number of aliphatic hydroxyl groups excluding tert-OH is 2. The zero-order valence-electron chi connectivity index (χ0n) is 16.1. The van der Waals surface area contributed by atoms with E-state index in [2.05, 4.69) is 28.4 Å². The molecular formula is C18H28O7. The van der Waals surface area contributed by atoms with Crippen LogP contribution in [-0.4, -0.2) is 45.9 Å². The van der Waals surface area contributed by atoms with E-state index in [1.165, 1.54) is 0 Å². The number of carbonyl (C=O) groups is 2. The Morgan fingerprint density at radius 2 is 1.04 bits per heavy atom. The second-order valence-electron chi connectivity index (χ2n) is 6.92. The summed E-state index contributed by atoms with van der Waals surface area (Å²) in [4.78, 5) is 22.0. The molecule has 0 spiro atoms. The Labute approximate surface area is 149 Å². The van der Waals surface area contributed by atoms with Gasteiger partial charge in [-0.15, -0.1) is 0 Å². The van der Waals surface area contributed by atoms with E-state index in [9.17, 15) is 9.59 Å². The lowest BCUT2D eigenvalue weighted by Gasteiger charge is -2.20. The Morgan fingerprint density at radius 3 is 1.24 bits per heavy atom. The van der Waals surface area contributed by atoms with Crippen molar-refractivity contribution >= 4 is 12.3 Å². The zero-order chi connectivity index (χ0) is 20.3. The predicted molar refractivity (Wildman–Crippen MR) is 92.5 cm³/mol. The van der Waals surface area contributed by atoms with Crippen molar-refractivity contribution in [2.75, 3.05) is 0 Å². The molecule has 0 amide bonds. The highest BCUT2D eigenvalue weighted by Gasteiger charge is 2.24. The first-order valence-corrected chi connectivity index (χ1v) is 7.63. The number of ether oxygens (including phenoxy) is 3. The fraction of sp³-hybridized carbons (Fsp3) is 0.667. The molecule has 2 unspecified atom stereocenters. The highest BCUT2D eigenvalue weighted by Crippen LogP contribution is 2.11. The van der Waals surface area contributed by atoms with Crippen molar-refractivity contribution in [1.29, 1.82) is 0 Å². The van der Waals surface area contributed by atoms with Crippen molar-refractivity contribution in [3.05, 3.63) is 0 Å². The molecule has 2 atom stereocenters. The normalized spacial score (nSPS) is 12.6. The van der Waals surface area contributed by atoms with Gasteiger partial charge in [0, 0.05) is 0 Å². The summed E-state index contributed by atoms with van der Waals surface area (Å²) >= 11 is 0. The van der Waals surface area contributed by atoms with Gasteiger partial charge in [-0.05, 0) is 67.2 Å². The van der Waals surface area contributed by atoms with Gasteiger partial charge in [-0.1, -0.05) is 11.8 Å². The van der Waals surface area contributed by atoms with Crippen LogP contribution in [0.4, 0.5) is 9.59 Å². The van der Waals surface area contributed by atoms with E-state index < -0.39 is 35.7 Å². The van der Waals surface area contributed by atoms with Gasteiger partial charge >= 0.3 is 12.3 Å². The lowest BCUT2D eigenvalue weighted by molar-refractivity contribution is -0.0293. The maximum absolute atomic E-state index is 11.0. The molecule has 0 fully saturated rings. The average molecular weight is 356 g/mol. The molecule has 0 saturated heterocycles. The fourth-order valence-corrected chi connectivity index (χ4v) is 0.891. The van der Waals surface area contributed by atoms with Crippen molar-refractivity contribution in [3.8, 4) is 23.7 Å². The molecule has 0 radical (unpaired) electrons. The summed E-state index contributed by atoms with van der Waals surface area (Å²) in [6.45, 7) is 13.1. The molecule has 2 N–H and O–H groups in total. The third-order valence-electron chi connectivity index (χ3n) is 1.57. The molecule has 7 nitrogen and oxygen atoms in total. The average Bonchev–Trinajstić information content (AvgIpc) is 2.29. The summed E-state index contributed by atoms with van der Waals surface area (Å²) in [5.74, 6) is 9.63. The summed E-state index contributed by atoms with van der Waals surface area (Å²) in [5.41, 5.74) is -1.39. The van der Waals surface area contributed by atoms with Gasteiger partial charge in [0.05, 0.1) is 0 Å². The molecule has 0 heterocycles. The standard InChI is InChI=1S/C10H18O5.C8H10O2/c1-9(2,3)14-7(11)13-8(12)15-10(4,5)6;1-7(9)5-3-4-6-8(2)10/h1-6H3;7-10H,1-2H3. The van der Waals surface area contributed by atoms with Crippen molar-refractivity contribution in [2.45, 2.75) is 78.8 Å². The molecule has 0 aromatic rings. The van der Waals surface area contributed by atoms with Crippen LogP contribution in [0.1, 0.15) is 55.4 Å². The third kappa shape index (κ3) is 24.2. The first-order valence-electron chi connectivity index (χ1n) is 7.63. The van der Waals surface area contributed by atoms with Crippen LogP contribution in [0.15, 0.2) is 0 Å². The van der Waals surface area contributed by atoms with Crippen LogP contribution in [0.25, 0.3) is 0 Å². The van der Waals surface area contributed by atoms with E-state index in [1.807, 2.05) is 0 Å². The molecule has 0 saturated carbocycles. The second-order valence-corrected chi connectivity index (χ2v) is 6.92. The highest BCUT2D eigenvalue weighted by molar-refractivity contribution is 5.77. The van der Waals surface area contributed by atoms with Gasteiger partial charge in [0.25, 0.3) is 0 Å². The molecule has 0 rings (SSSR count). The Balaban J connectivity index is 0. The van der Waals surface area contributed by atoms with Crippen molar-refractivity contribution in [1.82, 2.24) is 0 Å². The largest absolute Gasteiger partial charge is 0.519 e. The maximum atomic E-state index is 11.0. The van der Waals surface area contributed by atoms with Crippen molar-refractivity contribution in [3.63, 3.8) is 0 Å². The molecule has 0 aliphatic carbocycles. The van der Waals surface area contributed by atoms with Crippen molar-refractivity contribution in [2.24, 2.45) is 0 Å². The summed E-state index contributed by atoms with van der Waals surface area (Å²) in [6.07, 6.45) is -3.42. The topological polar surface area (TPSA) is 102 Å². The van der Waals surface area contributed by atoms with E-state index in [1.54, 1.807) is 55.4 Å². The van der Waals surface area contributed by atoms with Gasteiger partial charge in [0.15, 0.2) is 0 Å². The first kappa shape index (κ1) is 25.0. The Kier molecular flexibility index (Phi) is 11.4. The summed E-state index contributed by atoms with van der Waals surface area (Å²) in [5, 5.41) is 17.2. The first-order chi connectivity index (χ1) is 11.1. The van der Waals surface area contributed by atoms with Gasteiger partial charge in [-0.25, -0.2) is 9.59 Å². The fourth-order valence-electron chi connectivity index (χ4n) is 0.891. The van der Waals surface area contributed by atoms with Gasteiger partial charge in [-0.3, -0.25) is 0 Å². The Hall–Kier alpha value is -2.22. The Bertz CT molecular complexity index is 490. The molecule has 0 bridgehead atoms. The highest BCUT2D eigenvalue weighted by atomic mass is 16.8. The van der Waals surface area contributed by atoms with E-state index in [4.69, 9.17) is 19.7 Å². The molecule has 0 aliphatic rings.